The lowest BCUT2D eigenvalue weighted by Gasteiger charge is -2.15. The summed E-state index contributed by atoms with van der Waals surface area (Å²) in [5.74, 6) is -1.14. The number of hydrogen-bond donors (Lipinski definition) is 2. The molecule has 6 heteroatoms. The summed E-state index contributed by atoms with van der Waals surface area (Å²) < 4.78 is 18.5. The first-order valence-corrected chi connectivity index (χ1v) is 6.17. The van der Waals surface area contributed by atoms with Crippen LogP contribution in [0.1, 0.15) is 30.9 Å². The minimum Gasteiger partial charge on any atom is -0.496 e. The van der Waals surface area contributed by atoms with Crippen LogP contribution in [0.15, 0.2) is 16.6 Å². The first-order chi connectivity index (χ1) is 8.45. The molecular formula is C12H14BrFO4. The Morgan fingerprint density at radius 2 is 2.22 bits per heavy atom. The summed E-state index contributed by atoms with van der Waals surface area (Å²) >= 11 is 3.03. The van der Waals surface area contributed by atoms with E-state index in [1.54, 1.807) is 0 Å². The molecule has 0 aliphatic heterocycles. The number of carboxylic acid groups (broad SMARTS) is 1. The highest BCUT2D eigenvalue weighted by Gasteiger charge is 2.16. The largest absolute Gasteiger partial charge is 0.496 e. The Hall–Kier alpha value is -1.14. The smallest absolute Gasteiger partial charge is 0.303 e. The third-order valence-corrected chi connectivity index (χ3v) is 3.11. The van der Waals surface area contributed by atoms with Crippen molar-refractivity contribution in [2.24, 2.45) is 0 Å². The Morgan fingerprint density at radius 3 is 2.78 bits per heavy atom. The van der Waals surface area contributed by atoms with Gasteiger partial charge < -0.3 is 14.9 Å². The molecular weight excluding hydrogens is 307 g/mol. The minimum atomic E-state index is -0.908. The van der Waals surface area contributed by atoms with Crippen molar-refractivity contribution in [2.45, 2.75) is 25.4 Å². The summed E-state index contributed by atoms with van der Waals surface area (Å²) in [6.45, 7) is 0. The highest BCUT2D eigenvalue weighted by atomic mass is 79.9. The number of hydrogen-bond acceptors (Lipinski definition) is 3. The molecule has 0 bridgehead atoms. The van der Waals surface area contributed by atoms with Crippen molar-refractivity contribution in [3.63, 3.8) is 0 Å². The zero-order chi connectivity index (χ0) is 13.7. The maximum Gasteiger partial charge on any atom is 0.303 e. The van der Waals surface area contributed by atoms with Gasteiger partial charge in [0, 0.05) is 18.1 Å². The molecule has 4 nitrogen and oxygen atoms in total. The van der Waals surface area contributed by atoms with Gasteiger partial charge in [0.05, 0.1) is 17.7 Å². The van der Waals surface area contributed by atoms with E-state index in [1.165, 1.54) is 19.2 Å². The van der Waals surface area contributed by atoms with Crippen molar-refractivity contribution in [2.75, 3.05) is 7.11 Å². The number of methoxy groups -OCH3 is 1. The summed E-state index contributed by atoms with van der Waals surface area (Å²) in [7, 11) is 1.39. The molecule has 18 heavy (non-hydrogen) atoms. The van der Waals surface area contributed by atoms with Gasteiger partial charge in [-0.25, -0.2) is 4.39 Å². The van der Waals surface area contributed by atoms with Crippen LogP contribution in [0.4, 0.5) is 4.39 Å². The second kappa shape index (κ2) is 6.70. The molecule has 0 saturated carbocycles. The fourth-order valence-electron chi connectivity index (χ4n) is 1.58. The second-order valence-electron chi connectivity index (χ2n) is 3.81. The van der Waals surface area contributed by atoms with Crippen LogP contribution in [0.3, 0.4) is 0 Å². The lowest BCUT2D eigenvalue weighted by Crippen LogP contribution is -2.03. The zero-order valence-corrected chi connectivity index (χ0v) is 11.4. The van der Waals surface area contributed by atoms with E-state index in [-0.39, 0.29) is 23.1 Å². The van der Waals surface area contributed by atoms with Gasteiger partial charge in [0.15, 0.2) is 0 Å². The van der Waals surface area contributed by atoms with Gasteiger partial charge in [-0.15, -0.1) is 0 Å². The molecule has 0 amide bonds. The predicted molar refractivity (Wildman–Crippen MR) is 67.1 cm³/mol. The van der Waals surface area contributed by atoms with Gasteiger partial charge in [-0.05, 0) is 34.8 Å². The number of rotatable bonds is 6. The monoisotopic (exact) mass is 320 g/mol. The van der Waals surface area contributed by atoms with E-state index in [1.807, 2.05) is 0 Å². The molecule has 100 valence electrons. The standard InChI is InChI=1S/C12H14BrFO4/c1-18-11-6-9(14)8(13)5-7(11)10(15)3-2-4-12(16)17/h5-6,10,15H,2-4H2,1H3,(H,16,17). The van der Waals surface area contributed by atoms with Crippen molar-refractivity contribution in [3.8, 4) is 5.75 Å². The average molecular weight is 321 g/mol. The van der Waals surface area contributed by atoms with Gasteiger partial charge in [0.25, 0.3) is 0 Å². The summed E-state index contributed by atoms with van der Waals surface area (Å²) in [6.07, 6.45) is -0.270. The summed E-state index contributed by atoms with van der Waals surface area (Å²) in [5.41, 5.74) is 0.441. The van der Waals surface area contributed by atoms with Crippen molar-refractivity contribution in [3.05, 3.63) is 28.0 Å². The average Bonchev–Trinajstić information content (AvgIpc) is 2.31. The molecule has 1 unspecified atom stereocenters. The number of aliphatic carboxylic acids is 1. The molecule has 0 aromatic heterocycles. The zero-order valence-electron chi connectivity index (χ0n) is 9.82. The highest BCUT2D eigenvalue weighted by Crippen LogP contribution is 2.32. The van der Waals surface area contributed by atoms with E-state index >= 15 is 0 Å². The van der Waals surface area contributed by atoms with Crippen LogP contribution in [-0.4, -0.2) is 23.3 Å². The number of ether oxygens (including phenoxy) is 1. The Balaban J connectivity index is 2.80. The number of carboxylic acids is 1. The van der Waals surface area contributed by atoms with Crippen molar-refractivity contribution >= 4 is 21.9 Å². The number of halogens is 2. The highest BCUT2D eigenvalue weighted by molar-refractivity contribution is 9.10. The van der Waals surface area contributed by atoms with Crippen molar-refractivity contribution in [1.82, 2.24) is 0 Å². The first kappa shape index (κ1) is 14.9. The van der Waals surface area contributed by atoms with Crippen LogP contribution in [0, 0.1) is 5.82 Å². The molecule has 0 spiro atoms. The topological polar surface area (TPSA) is 66.8 Å². The van der Waals surface area contributed by atoms with Crippen molar-refractivity contribution in [1.29, 1.82) is 0 Å². The van der Waals surface area contributed by atoms with Gasteiger partial charge >= 0.3 is 5.97 Å². The Kier molecular flexibility index (Phi) is 5.55. The SMILES string of the molecule is COc1cc(F)c(Br)cc1C(O)CCCC(=O)O. The molecule has 0 aliphatic rings. The van der Waals surface area contributed by atoms with Gasteiger partial charge in [-0.1, -0.05) is 0 Å². The normalized spacial score (nSPS) is 12.2. The van der Waals surface area contributed by atoms with E-state index in [4.69, 9.17) is 9.84 Å². The molecule has 0 fully saturated rings. The molecule has 1 aromatic rings. The molecule has 1 atom stereocenters. The Morgan fingerprint density at radius 1 is 1.56 bits per heavy atom. The van der Waals surface area contributed by atoms with E-state index in [0.29, 0.717) is 12.0 Å². The van der Waals surface area contributed by atoms with Crippen molar-refractivity contribution < 1.29 is 24.1 Å². The van der Waals surface area contributed by atoms with Gasteiger partial charge in [-0.3, -0.25) is 4.79 Å². The lowest BCUT2D eigenvalue weighted by molar-refractivity contribution is -0.137. The fourth-order valence-corrected chi connectivity index (χ4v) is 1.94. The van der Waals surface area contributed by atoms with Crippen LogP contribution in [0.5, 0.6) is 5.75 Å². The molecule has 0 aliphatic carbocycles. The first-order valence-electron chi connectivity index (χ1n) is 5.38. The second-order valence-corrected chi connectivity index (χ2v) is 4.66. The summed E-state index contributed by atoms with van der Waals surface area (Å²) in [5, 5.41) is 18.5. The van der Waals surface area contributed by atoms with E-state index in [0.717, 1.165) is 0 Å². The molecule has 0 heterocycles. The van der Waals surface area contributed by atoms with Gasteiger partial charge in [0.2, 0.25) is 0 Å². The van der Waals surface area contributed by atoms with Crippen LogP contribution < -0.4 is 4.74 Å². The van der Waals surface area contributed by atoms with Crippen LogP contribution in [0.25, 0.3) is 0 Å². The third kappa shape index (κ3) is 3.96. The van der Waals surface area contributed by atoms with Crippen LogP contribution in [-0.2, 0) is 4.79 Å². The molecule has 0 saturated heterocycles. The fraction of sp³-hybridized carbons (Fsp3) is 0.417. The number of benzene rings is 1. The maximum atomic E-state index is 13.3. The van der Waals surface area contributed by atoms with Crippen LogP contribution >= 0.6 is 15.9 Å². The quantitative estimate of drug-likeness (QED) is 0.845. The van der Waals surface area contributed by atoms with Gasteiger partial charge in [0.1, 0.15) is 11.6 Å². The number of carbonyl (C=O) groups is 1. The van der Waals surface area contributed by atoms with E-state index in [2.05, 4.69) is 15.9 Å². The van der Waals surface area contributed by atoms with E-state index < -0.39 is 17.9 Å². The third-order valence-electron chi connectivity index (χ3n) is 2.50. The Bertz CT molecular complexity index is 436. The summed E-state index contributed by atoms with van der Waals surface area (Å²) in [6, 6.07) is 2.62. The molecule has 0 radical (unpaired) electrons. The van der Waals surface area contributed by atoms with Crippen LogP contribution in [0.2, 0.25) is 0 Å². The number of aliphatic hydroxyl groups is 1. The molecule has 1 aromatic carbocycles. The number of aliphatic hydroxyl groups excluding tert-OH is 1. The minimum absolute atomic E-state index is 0.0122. The Labute approximate surface area is 113 Å². The predicted octanol–water partition coefficient (Wildman–Crippen LogP) is 2.89. The maximum absolute atomic E-state index is 13.3. The van der Waals surface area contributed by atoms with Gasteiger partial charge in [-0.2, -0.15) is 0 Å². The van der Waals surface area contributed by atoms with E-state index in [9.17, 15) is 14.3 Å². The molecule has 2 N–H and O–H groups in total. The molecule has 1 rings (SSSR count). The summed E-state index contributed by atoms with van der Waals surface area (Å²) in [4.78, 5) is 10.4. The lowest BCUT2D eigenvalue weighted by atomic mass is 10.0.